The Hall–Kier alpha value is -1.10. The van der Waals surface area contributed by atoms with E-state index in [0.717, 1.165) is 25.3 Å². The summed E-state index contributed by atoms with van der Waals surface area (Å²) in [6, 6.07) is 3.00. The lowest BCUT2D eigenvalue weighted by Gasteiger charge is -2.18. The maximum atomic E-state index is 12.9. The topological polar surface area (TPSA) is 12.0 Å². The molecule has 0 saturated heterocycles. The quantitative estimate of drug-likeness (QED) is 0.754. The van der Waals surface area contributed by atoms with Crippen LogP contribution in [-0.4, -0.2) is 6.04 Å². The number of hydrogen-bond acceptors (Lipinski definition) is 1. The molecule has 0 aliphatic heterocycles. The van der Waals surface area contributed by atoms with Crippen molar-refractivity contribution in [2.24, 2.45) is 0 Å². The molecule has 1 aromatic rings. The van der Waals surface area contributed by atoms with Gasteiger partial charge in [0.2, 0.25) is 0 Å². The number of nitrogens with one attached hydrogen (secondary N) is 1. The highest BCUT2D eigenvalue weighted by atomic mass is 19.4. The third-order valence-electron chi connectivity index (χ3n) is 3.09. The Labute approximate surface area is 111 Å². The van der Waals surface area contributed by atoms with Gasteiger partial charge in [-0.3, -0.25) is 0 Å². The smallest absolute Gasteiger partial charge is 0.310 e. The van der Waals surface area contributed by atoms with Crippen LogP contribution in [0.5, 0.6) is 0 Å². The van der Waals surface area contributed by atoms with Crippen LogP contribution >= 0.6 is 0 Å². The van der Waals surface area contributed by atoms with Crippen molar-refractivity contribution in [2.75, 3.05) is 0 Å². The molecule has 0 saturated carbocycles. The fraction of sp³-hybridized carbons (Fsp3) is 0.571. The molecule has 1 atom stereocenters. The van der Waals surface area contributed by atoms with Crippen LogP contribution in [0.25, 0.3) is 0 Å². The fourth-order valence-corrected chi connectivity index (χ4v) is 2.02. The lowest BCUT2D eigenvalue weighted by molar-refractivity contribution is -0.138. The highest BCUT2D eigenvalue weighted by molar-refractivity contribution is 5.30. The monoisotopic (exact) mass is 277 g/mol. The van der Waals surface area contributed by atoms with Gasteiger partial charge >= 0.3 is 6.18 Å². The van der Waals surface area contributed by atoms with E-state index in [1.807, 2.05) is 13.8 Å². The van der Waals surface area contributed by atoms with Gasteiger partial charge in [-0.25, -0.2) is 4.39 Å². The highest BCUT2D eigenvalue weighted by Crippen LogP contribution is 2.32. The fourth-order valence-electron chi connectivity index (χ4n) is 2.02. The van der Waals surface area contributed by atoms with E-state index in [4.69, 9.17) is 0 Å². The van der Waals surface area contributed by atoms with Gasteiger partial charge in [0.15, 0.2) is 0 Å². The van der Waals surface area contributed by atoms with Gasteiger partial charge in [0.05, 0.1) is 5.56 Å². The van der Waals surface area contributed by atoms with E-state index in [9.17, 15) is 17.6 Å². The van der Waals surface area contributed by atoms with E-state index in [1.165, 1.54) is 6.07 Å². The van der Waals surface area contributed by atoms with Crippen molar-refractivity contribution >= 4 is 0 Å². The zero-order valence-corrected chi connectivity index (χ0v) is 11.1. The molecule has 19 heavy (non-hydrogen) atoms. The summed E-state index contributed by atoms with van der Waals surface area (Å²) < 4.78 is 51.3. The van der Waals surface area contributed by atoms with Crippen LogP contribution in [0.3, 0.4) is 0 Å². The third kappa shape index (κ3) is 4.82. The molecule has 1 N–H and O–H groups in total. The van der Waals surface area contributed by atoms with E-state index >= 15 is 0 Å². The molecule has 0 aliphatic carbocycles. The number of hydrogen-bond donors (Lipinski definition) is 1. The molecule has 0 amide bonds. The van der Waals surface area contributed by atoms with Crippen LogP contribution in [0.2, 0.25) is 0 Å². The maximum Gasteiger partial charge on any atom is 0.416 e. The zero-order valence-electron chi connectivity index (χ0n) is 11.1. The summed E-state index contributed by atoms with van der Waals surface area (Å²) in [7, 11) is 0. The SMILES string of the molecule is CCCC(CC)NCc1ccc(F)cc1C(F)(F)F. The second-order valence-corrected chi connectivity index (χ2v) is 4.57. The average molecular weight is 277 g/mol. The number of benzene rings is 1. The average Bonchev–Trinajstić information content (AvgIpc) is 2.34. The molecule has 0 heterocycles. The standard InChI is InChI=1S/C14H19F4N/c1-3-5-12(4-2)19-9-10-6-7-11(15)8-13(10)14(16,17)18/h6-8,12,19H,3-5,9H2,1-2H3. The predicted molar refractivity (Wildman–Crippen MR) is 67.2 cm³/mol. The largest absolute Gasteiger partial charge is 0.416 e. The van der Waals surface area contributed by atoms with Crippen molar-refractivity contribution < 1.29 is 17.6 Å². The first kappa shape index (κ1) is 16.0. The maximum absolute atomic E-state index is 12.9. The van der Waals surface area contributed by atoms with Crippen molar-refractivity contribution in [3.05, 3.63) is 35.1 Å². The molecule has 1 rings (SSSR count). The number of halogens is 4. The molecule has 0 aromatic heterocycles. The zero-order chi connectivity index (χ0) is 14.5. The lowest BCUT2D eigenvalue weighted by Crippen LogP contribution is -2.28. The van der Waals surface area contributed by atoms with E-state index < -0.39 is 17.6 Å². The van der Waals surface area contributed by atoms with Crippen LogP contribution in [0.15, 0.2) is 18.2 Å². The van der Waals surface area contributed by atoms with Crippen LogP contribution in [-0.2, 0) is 12.7 Å². The second-order valence-electron chi connectivity index (χ2n) is 4.57. The van der Waals surface area contributed by atoms with Crippen molar-refractivity contribution in [1.29, 1.82) is 0 Å². The van der Waals surface area contributed by atoms with Crippen LogP contribution in [0.4, 0.5) is 17.6 Å². The van der Waals surface area contributed by atoms with Gasteiger partial charge in [-0.05, 0) is 30.5 Å². The molecular formula is C14H19F4N. The summed E-state index contributed by atoms with van der Waals surface area (Å²) in [5.41, 5.74) is -0.810. The predicted octanol–water partition coefficient (Wildman–Crippen LogP) is 4.51. The first-order valence-corrected chi connectivity index (χ1v) is 6.47. The molecule has 1 nitrogen and oxygen atoms in total. The molecule has 5 heteroatoms. The van der Waals surface area contributed by atoms with Gasteiger partial charge in [-0.2, -0.15) is 13.2 Å². The van der Waals surface area contributed by atoms with Crippen molar-refractivity contribution in [1.82, 2.24) is 5.32 Å². The summed E-state index contributed by atoms with van der Waals surface area (Å²) in [6.45, 7) is 4.12. The summed E-state index contributed by atoms with van der Waals surface area (Å²) in [5.74, 6) is -0.864. The third-order valence-corrected chi connectivity index (χ3v) is 3.09. The van der Waals surface area contributed by atoms with Crippen molar-refractivity contribution in [3.8, 4) is 0 Å². The highest BCUT2D eigenvalue weighted by Gasteiger charge is 2.33. The molecule has 108 valence electrons. The molecule has 1 aromatic carbocycles. The molecule has 1 unspecified atom stereocenters. The Morgan fingerprint density at radius 3 is 2.42 bits per heavy atom. The Morgan fingerprint density at radius 1 is 1.21 bits per heavy atom. The number of alkyl halides is 3. The van der Waals surface area contributed by atoms with Crippen LogP contribution in [0.1, 0.15) is 44.2 Å². The Bertz CT molecular complexity index is 401. The Kier molecular flexibility index (Phi) is 5.79. The number of rotatable bonds is 6. The van der Waals surface area contributed by atoms with Crippen LogP contribution in [0, 0.1) is 5.82 Å². The molecule has 0 aliphatic rings. The lowest BCUT2D eigenvalue weighted by atomic mass is 10.0. The minimum atomic E-state index is -4.52. The van der Waals surface area contributed by atoms with Gasteiger partial charge in [0.1, 0.15) is 5.82 Å². The Morgan fingerprint density at radius 2 is 1.89 bits per heavy atom. The Balaban J connectivity index is 2.83. The van der Waals surface area contributed by atoms with Gasteiger partial charge in [-0.1, -0.05) is 26.3 Å². The molecule has 0 fully saturated rings. The van der Waals surface area contributed by atoms with Gasteiger partial charge in [-0.15, -0.1) is 0 Å². The van der Waals surface area contributed by atoms with E-state index in [2.05, 4.69) is 5.32 Å². The summed E-state index contributed by atoms with van der Waals surface area (Å²) >= 11 is 0. The summed E-state index contributed by atoms with van der Waals surface area (Å²) in [6.07, 6.45) is -1.78. The molecule has 0 bridgehead atoms. The minimum absolute atomic E-state index is 0.0865. The minimum Gasteiger partial charge on any atom is -0.310 e. The molecular weight excluding hydrogens is 258 g/mol. The molecule has 0 radical (unpaired) electrons. The van der Waals surface area contributed by atoms with E-state index in [0.29, 0.717) is 6.07 Å². The normalized spacial score (nSPS) is 13.6. The first-order valence-electron chi connectivity index (χ1n) is 6.47. The second kappa shape index (κ2) is 6.89. The summed E-state index contributed by atoms with van der Waals surface area (Å²) in [5, 5.41) is 3.10. The van der Waals surface area contributed by atoms with Gasteiger partial charge < -0.3 is 5.32 Å². The van der Waals surface area contributed by atoms with E-state index in [1.54, 1.807) is 0 Å². The van der Waals surface area contributed by atoms with Crippen molar-refractivity contribution in [2.45, 2.75) is 51.9 Å². The van der Waals surface area contributed by atoms with E-state index in [-0.39, 0.29) is 18.2 Å². The van der Waals surface area contributed by atoms with Crippen molar-refractivity contribution in [3.63, 3.8) is 0 Å². The van der Waals surface area contributed by atoms with Crippen LogP contribution < -0.4 is 5.32 Å². The molecule has 0 spiro atoms. The van der Waals surface area contributed by atoms with Gasteiger partial charge in [0, 0.05) is 12.6 Å². The van der Waals surface area contributed by atoms with Gasteiger partial charge in [0.25, 0.3) is 0 Å². The first-order chi connectivity index (χ1) is 8.88. The summed E-state index contributed by atoms with van der Waals surface area (Å²) in [4.78, 5) is 0.